The van der Waals surface area contributed by atoms with Crippen molar-refractivity contribution < 1.29 is 9.18 Å². The predicted octanol–water partition coefficient (Wildman–Crippen LogP) is 4.53. The zero-order valence-electron chi connectivity index (χ0n) is 16.7. The molecule has 30 heavy (non-hydrogen) atoms. The molecular weight excluding hydrogens is 428 g/mol. The molecule has 1 saturated heterocycles. The number of allylic oxidation sites excluding steroid dienone is 2. The average molecular weight is 452 g/mol. The van der Waals surface area contributed by atoms with Gasteiger partial charge in [-0.25, -0.2) is 9.37 Å². The molecule has 6 nitrogen and oxygen atoms in total. The van der Waals surface area contributed by atoms with Crippen molar-refractivity contribution in [3.05, 3.63) is 47.1 Å². The monoisotopic (exact) mass is 451 g/mol. The number of H-pyrrole nitrogens is 1. The number of carbonyl (C=O) groups excluding carboxylic acids is 1. The van der Waals surface area contributed by atoms with Crippen LogP contribution in [0.25, 0.3) is 16.7 Å². The number of nitrogens with zero attached hydrogens (tertiary/aromatic N) is 3. The van der Waals surface area contributed by atoms with Crippen LogP contribution in [0, 0.1) is 5.92 Å². The van der Waals surface area contributed by atoms with E-state index >= 15 is 0 Å². The second-order valence-corrected chi connectivity index (χ2v) is 8.00. The van der Waals surface area contributed by atoms with E-state index in [1.165, 1.54) is 0 Å². The quantitative estimate of drug-likeness (QED) is 0.479. The zero-order chi connectivity index (χ0) is 21.7. The van der Waals surface area contributed by atoms with Gasteiger partial charge in [-0.05, 0) is 31.7 Å². The van der Waals surface area contributed by atoms with Gasteiger partial charge in [0.05, 0.1) is 16.9 Å². The standard InChI is InChI=1S/C21H24Cl2FN5O/c1-13(18-10-28-21-17(18)6-16(23)9-27-21)26-11-19(24)14(2)25-8-15-4-3-5-29(12-15)20(30)7-22/h6,9-11,15,25H,1,3-5,7-8,12H2,2H3,(H,27,28)/b19-14-,26-11-/t15-/m1/s1. The molecular formula is C21H24Cl2FN5O. The van der Waals surface area contributed by atoms with Gasteiger partial charge in [-0.2, -0.15) is 0 Å². The Kier molecular flexibility index (Phi) is 7.50. The van der Waals surface area contributed by atoms with Crippen LogP contribution in [0.3, 0.4) is 0 Å². The number of alkyl halides is 1. The molecule has 0 aromatic carbocycles. The van der Waals surface area contributed by atoms with Crippen molar-refractivity contribution in [1.82, 2.24) is 20.2 Å². The Labute approximate surface area is 184 Å². The van der Waals surface area contributed by atoms with E-state index in [1.54, 1.807) is 30.3 Å². The number of fused-ring (bicyclic) bond motifs is 1. The molecule has 3 rings (SSSR count). The van der Waals surface area contributed by atoms with Crippen molar-refractivity contribution in [2.45, 2.75) is 19.8 Å². The summed E-state index contributed by atoms with van der Waals surface area (Å²) in [4.78, 5) is 24.9. The lowest BCUT2D eigenvalue weighted by molar-refractivity contribution is -0.130. The van der Waals surface area contributed by atoms with Gasteiger partial charge in [0.15, 0.2) is 5.83 Å². The normalized spacial score (nSPS) is 18.0. The third kappa shape index (κ3) is 5.40. The molecule has 9 heteroatoms. The van der Waals surface area contributed by atoms with Gasteiger partial charge >= 0.3 is 0 Å². The van der Waals surface area contributed by atoms with Gasteiger partial charge in [0, 0.05) is 48.7 Å². The fourth-order valence-corrected chi connectivity index (χ4v) is 3.77. The first-order valence-electron chi connectivity index (χ1n) is 9.69. The van der Waals surface area contributed by atoms with E-state index in [4.69, 9.17) is 23.2 Å². The van der Waals surface area contributed by atoms with E-state index in [1.807, 2.05) is 0 Å². The number of aromatic amines is 1. The topological polar surface area (TPSA) is 73.4 Å². The molecule has 160 valence electrons. The number of hydrogen-bond acceptors (Lipinski definition) is 4. The number of aliphatic imine (C=N–C) groups is 1. The number of pyridine rings is 1. The highest BCUT2D eigenvalue weighted by molar-refractivity contribution is 6.31. The van der Waals surface area contributed by atoms with Gasteiger partial charge in [0.1, 0.15) is 11.5 Å². The first-order valence-corrected chi connectivity index (χ1v) is 10.6. The first kappa shape index (κ1) is 22.3. The van der Waals surface area contributed by atoms with Gasteiger partial charge in [0.2, 0.25) is 5.91 Å². The number of aromatic nitrogens is 2. The lowest BCUT2D eigenvalue weighted by Crippen LogP contribution is -2.43. The number of rotatable bonds is 7. The number of nitrogens with one attached hydrogen (secondary N) is 2. The molecule has 2 aromatic rings. The Morgan fingerprint density at radius 1 is 1.57 bits per heavy atom. The van der Waals surface area contributed by atoms with Crippen molar-refractivity contribution in [1.29, 1.82) is 0 Å². The maximum absolute atomic E-state index is 14.5. The van der Waals surface area contributed by atoms with Gasteiger partial charge in [-0.15, -0.1) is 11.6 Å². The van der Waals surface area contributed by atoms with Gasteiger partial charge in [-0.1, -0.05) is 18.2 Å². The minimum Gasteiger partial charge on any atom is -0.386 e. The lowest BCUT2D eigenvalue weighted by atomic mass is 9.98. The molecule has 0 bridgehead atoms. The fraction of sp³-hybridized carbons (Fsp3) is 0.381. The van der Waals surface area contributed by atoms with Crippen LogP contribution in [0.4, 0.5) is 4.39 Å². The Hall–Kier alpha value is -2.38. The van der Waals surface area contributed by atoms with E-state index in [2.05, 4.69) is 26.9 Å². The van der Waals surface area contributed by atoms with Crippen LogP contribution in [-0.4, -0.2) is 52.5 Å². The molecule has 1 atom stereocenters. The molecule has 3 heterocycles. The van der Waals surface area contributed by atoms with E-state index < -0.39 is 5.83 Å². The number of piperidine rings is 1. The molecule has 0 aliphatic carbocycles. The largest absolute Gasteiger partial charge is 0.386 e. The molecule has 0 radical (unpaired) electrons. The molecule has 0 unspecified atom stereocenters. The van der Waals surface area contributed by atoms with Gasteiger partial charge in [-0.3, -0.25) is 9.79 Å². The Morgan fingerprint density at radius 3 is 3.13 bits per heavy atom. The molecule has 0 spiro atoms. The van der Waals surface area contributed by atoms with Crippen molar-refractivity contribution in [2.24, 2.45) is 10.9 Å². The van der Waals surface area contributed by atoms with Crippen molar-refractivity contribution in [3.63, 3.8) is 0 Å². The molecule has 1 fully saturated rings. The molecule has 0 saturated carbocycles. The Bertz CT molecular complexity index is 1000. The first-order chi connectivity index (χ1) is 14.4. The summed E-state index contributed by atoms with van der Waals surface area (Å²) < 4.78 is 14.5. The van der Waals surface area contributed by atoms with E-state index in [9.17, 15) is 9.18 Å². The fourth-order valence-electron chi connectivity index (χ4n) is 3.44. The summed E-state index contributed by atoms with van der Waals surface area (Å²) in [6, 6.07) is 1.76. The molecule has 2 aromatic heterocycles. The third-order valence-corrected chi connectivity index (χ3v) is 5.58. The maximum Gasteiger partial charge on any atom is 0.237 e. The van der Waals surface area contributed by atoms with E-state index in [0.29, 0.717) is 40.7 Å². The highest BCUT2D eigenvalue weighted by Gasteiger charge is 2.23. The van der Waals surface area contributed by atoms with Gasteiger partial charge < -0.3 is 15.2 Å². The smallest absolute Gasteiger partial charge is 0.237 e. The summed E-state index contributed by atoms with van der Waals surface area (Å²) >= 11 is 11.6. The number of likely N-dealkylation sites (tertiary alicyclic amines) is 1. The van der Waals surface area contributed by atoms with Crippen LogP contribution in [0.15, 0.2) is 41.6 Å². The molecule has 2 N–H and O–H groups in total. The summed E-state index contributed by atoms with van der Waals surface area (Å²) in [5.41, 5.74) is 2.15. The van der Waals surface area contributed by atoms with Crippen molar-refractivity contribution in [2.75, 3.05) is 25.5 Å². The number of carbonyl (C=O) groups is 1. The minimum atomic E-state index is -0.475. The number of hydrogen-bond donors (Lipinski definition) is 2. The van der Waals surface area contributed by atoms with Crippen LogP contribution in [-0.2, 0) is 4.79 Å². The minimum absolute atomic E-state index is 0.00719. The molecule has 1 aliphatic heterocycles. The third-order valence-electron chi connectivity index (χ3n) is 5.14. The summed E-state index contributed by atoms with van der Waals surface area (Å²) in [6.07, 6.45) is 6.31. The summed E-state index contributed by atoms with van der Waals surface area (Å²) in [7, 11) is 0. The lowest BCUT2D eigenvalue weighted by Gasteiger charge is -2.32. The highest BCUT2D eigenvalue weighted by Crippen LogP contribution is 2.26. The summed E-state index contributed by atoms with van der Waals surface area (Å²) in [6.45, 7) is 7.51. The van der Waals surface area contributed by atoms with Crippen LogP contribution in [0.1, 0.15) is 25.3 Å². The highest BCUT2D eigenvalue weighted by atomic mass is 35.5. The number of halogens is 3. The predicted molar refractivity (Wildman–Crippen MR) is 120 cm³/mol. The Morgan fingerprint density at radius 2 is 2.37 bits per heavy atom. The average Bonchev–Trinajstić information content (AvgIpc) is 3.18. The van der Waals surface area contributed by atoms with Crippen LogP contribution in [0.2, 0.25) is 5.02 Å². The van der Waals surface area contributed by atoms with Crippen molar-refractivity contribution in [3.8, 4) is 0 Å². The Balaban J connectivity index is 1.60. The van der Waals surface area contributed by atoms with E-state index in [0.717, 1.165) is 31.0 Å². The van der Waals surface area contributed by atoms with Crippen LogP contribution >= 0.6 is 23.2 Å². The summed E-state index contributed by atoms with van der Waals surface area (Å²) in [5, 5.41) is 4.38. The zero-order valence-corrected chi connectivity index (χ0v) is 18.2. The second kappa shape index (κ2) is 10.1. The van der Waals surface area contributed by atoms with Crippen molar-refractivity contribution >= 4 is 52.1 Å². The van der Waals surface area contributed by atoms with Crippen LogP contribution in [0.5, 0.6) is 0 Å². The van der Waals surface area contributed by atoms with E-state index in [-0.39, 0.29) is 17.7 Å². The maximum atomic E-state index is 14.5. The van der Waals surface area contributed by atoms with Crippen LogP contribution < -0.4 is 5.32 Å². The number of amides is 1. The summed E-state index contributed by atoms with van der Waals surface area (Å²) in [5.74, 6) is -0.285. The van der Waals surface area contributed by atoms with Gasteiger partial charge in [0.25, 0.3) is 0 Å². The molecule has 1 amide bonds. The molecule has 1 aliphatic rings. The second-order valence-electron chi connectivity index (χ2n) is 7.29. The SMILES string of the molecule is C=C(/N=C\C(F)=C(/C)NC[C@H]1CCCN(C(=O)CCl)C1)c1c[nH]c2ncc(Cl)cc12.